The van der Waals surface area contributed by atoms with Crippen LogP contribution < -0.4 is 15.8 Å². The molecule has 0 saturated heterocycles. The molecular formula is C17H27ClN4O3S. The molecule has 2 aromatic rings. The second-order valence-electron chi connectivity index (χ2n) is 6.55. The van der Waals surface area contributed by atoms with E-state index in [9.17, 15) is 4.79 Å². The van der Waals surface area contributed by atoms with Crippen LogP contribution in [0.4, 0.5) is 0 Å². The van der Waals surface area contributed by atoms with E-state index in [0.717, 1.165) is 10.9 Å². The minimum absolute atomic E-state index is 0. The number of methoxy groups -OCH3 is 2. The number of nitrogens with zero attached hydrogens (tertiary/aromatic N) is 2. The lowest BCUT2D eigenvalue weighted by molar-refractivity contribution is 0.0887. The summed E-state index contributed by atoms with van der Waals surface area (Å²) in [7, 11) is 3.14. The molecular weight excluding hydrogens is 376 g/mol. The molecule has 2 heterocycles. The summed E-state index contributed by atoms with van der Waals surface area (Å²) in [6, 6.07) is 0. The van der Waals surface area contributed by atoms with Gasteiger partial charge in [0.05, 0.1) is 22.9 Å². The lowest BCUT2D eigenvalue weighted by Crippen LogP contribution is -2.54. The molecule has 1 amide bonds. The molecule has 146 valence electrons. The highest BCUT2D eigenvalue weighted by Crippen LogP contribution is 2.35. The van der Waals surface area contributed by atoms with Crippen LogP contribution in [0.15, 0.2) is 0 Å². The summed E-state index contributed by atoms with van der Waals surface area (Å²) in [5.74, 6) is 1.03. The summed E-state index contributed by atoms with van der Waals surface area (Å²) in [5, 5.41) is 3.83. The molecule has 9 heteroatoms. The zero-order valence-corrected chi connectivity index (χ0v) is 17.6. The van der Waals surface area contributed by atoms with Crippen molar-refractivity contribution in [1.29, 1.82) is 0 Å². The van der Waals surface area contributed by atoms with E-state index in [2.05, 4.69) is 15.3 Å². The fourth-order valence-corrected chi connectivity index (χ4v) is 3.54. The maximum absolute atomic E-state index is 12.9. The Kier molecular flexibility index (Phi) is 7.76. The number of aromatic nitrogens is 2. The molecule has 2 rings (SSSR count). The maximum atomic E-state index is 12.9. The Balaban J connectivity index is 0.00000338. The third kappa shape index (κ3) is 4.25. The number of carbonyl (C=O) groups excluding carboxylic acids is 1. The normalized spacial score (nSPS) is 13.4. The van der Waals surface area contributed by atoms with Gasteiger partial charge in [0.25, 0.3) is 5.91 Å². The summed E-state index contributed by atoms with van der Waals surface area (Å²) in [4.78, 5) is 23.0. The fraction of sp³-hybridized carbons (Fsp3) is 0.588. The molecule has 0 aliphatic carbocycles. The van der Waals surface area contributed by atoms with Crippen LogP contribution in [0.3, 0.4) is 0 Å². The Bertz CT molecular complexity index is 781. The quantitative estimate of drug-likeness (QED) is 0.738. The molecule has 0 saturated carbocycles. The third-order valence-corrected chi connectivity index (χ3v) is 5.76. The largest absolute Gasteiger partial charge is 0.480 e. The first-order chi connectivity index (χ1) is 11.8. The number of hydrogen-bond acceptors (Lipinski definition) is 7. The van der Waals surface area contributed by atoms with Crippen LogP contribution in [-0.4, -0.2) is 42.2 Å². The molecule has 0 aliphatic heterocycles. The Morgan fingerprint density at radius 3 is 2.50 bits per heavy atom. The number of aryl methyl sites for hydroxylation is 1. The van der Waals surface area contributed by atoms with Crippen molar-refractivity contribution in [1.82, 2.24) is 15.3 Å². The van der Waals surface area contributed by atoms with Gasteiger partial charge in [-0.25, -0.2) is 4.98 Å². The van der Waals surface area contributed by atoms with E-state index in [1.807, 2.05) is 27.7 Å². The van der Waals surface area contributed by atoms with Gasteiger partial charge in [0.2, 0.25) is 5.88 Å². The molecule has 2 aromatic heterocycles. The first-order valence-electron chi connectivity index (χ1n) is 8.12. The van der Waals surface area contributed by atoms with Gasteiger partial charge < -0.3 is 20.5 Å². The number of halogens is 1. The van der Waals surface area contributed by atoms with Crippen molar-refractivity contribution in [3.8, 4) is 5.88 Å². The van der Waals surface area contributed by atoms with E-state index in [1.165, 1.54) is 11.3 Å². The second kappa shape index (κ2) is 8.94. The highest BCUT2D eigenvalue weighted by molar-refractivity contribution is 7.20. The Labute approximate surface area is 164 Å². The minimum atomic E-state index is -0.476. The van der Waals surface area contributed by atoms with Crippen molar-refractivity contribution in [2.45, 2.75) is 39.8 Å². The van der Waals surface area contributed by atoms with Crippen molar-refractivity contribution in [2.75, 3.05) is 20.8 Å². The van der Waals surface area contributed by atoms with Crippen LogP contribution in [0, 0.1) is 12.8 Å². The lowest BCUT2D eigenvalue weighted by atomic mass is 9.88. The van der Waals surface area contributed by atoms with E-state index in [0.29, 0.717) is 28.0 Å². The number of hydrogen-bond donors (Lipinski definition) is 2. The third-order valence-electron chi connectivity index (χ3n) is 4.57. The molecule has 3 N–H and O–H groups in total. The summed E-state index contributed by atoms with van der Waals surface area (Å²) in [6.45, 7) is 8.55. The van der Waals surface area contributed by atoms with Crippen molar-refractivity contribution in [3.63, 3.8) is 0 Å². The van der Waals surface area contributed by atoms with E-state index in [-0.39, 0.29) is 30.8 Å². The van der Waals surface area contributed by atoms with Gasteiger partial charge in [0.1, 0.15) is 11.4 Å². The number of carbonyl (C=O) groups is 1. The monoisotopic (exact) mass is 402 g/mol. The van der Waals surface area contributed by atoms with Crippen molar-refractivity contribution in [2.24, 2.45) is 11.7 Å². The summed E-state index contributed by atoms with van der Waals surface area (Å²) in [5.41, 5.74) is 6.21. The van der Waals surface area contributed by atoms with Gasteiger partial charge in [-0.05, 0) is 25.3 Å². The molecule has 0 bridgehead atoms. The summed E-state index contributed by atoms with van der Waals surface area (Å²) in [6.07, 6.45) is 0. The van der Waals surface area contributed by atoms with Crippen molar-refractivity contribution >= 4 is 39.9 Å². The lowest BCUT2D eigenvalue weighted by Gasteiger charge is -2.33. The first-order valence-corrected chi connectivity index (χ1v) is 8.94. The average molecular weight is 403 g/mol. The maximum Gasteiger partial charge on any atom is 0.262 e. The molecule has 0 fully saturated rings. The minimum Gasteiger partial charge on any atom is -0.480 e. The van der Waals surface area contributed by atoms with Crippen LogP contribution in [0.2, 0.25) is 0 Å². The number of amides is 1. The van der Waals surface area contributed by atoms with Gasteiger partial charge in [0.15, 0.2) is 5.82 Å². The van der Waals surface area contributed by atoms with Crippen LogP contribution in [-0.2, 0) is 11.3 Å². The van der Waals surface area contributed by atoms with Gasteiger partial charge in [-0.3, -0.25) is 4.79 Å². The Morgan fingerprint density at radius 1 is 1.35 bits per heavy atom. The Morgan fingerprint density at radius 2 is 2.00 bits per heavy atom. The van der Waals surface area contributed by atoms with Gasteiger partial charge in [-0.2, -0.15) is 4.98 Å². The second-order valence-corrected chi connectivity index (χ2v) is 7.55. The average Bonchev–Trinajstić information content (AvgIpc) is 2.91. The van der Waals surface area contributed by atoms with E-state index >= 15 is 0 Å². The smallest absolute Gasteiger partial charge is 0.262 e. The summed E-state index contributed by atoms with van der Waals surface area (Å²) >= 11 is 1.32. The molecule has 1 unspecified atom stereocenters. The fourth-order valence-electron chi connectivity index (χ4n) is 2.45. The van der Waals surface area contributed by atoms with Gasteiger partial charge >= 0.3 is 0 Å². The highest BCUT2D eigenvalue weighted by atomic mass is 35.5. The van der Waals surface area contributed by atoms with Crippen molar-refractivity contribution in [3.05, 3.63) is 16.3 Å². The highest BCUT2D eigenvalue weighted by Gasteiger charge is 2.31. The molecule has 0 aromatic carbocycles. The van der Waals surface area contributed by atoms with Crippen LogP contribution in [0.5, 0.6) is 5.88 Å². The van der Waals surface area contributed by atoms with Gasteiger partial charge in [0, 0.05) is 13.7 Å². The number of rotatable bonds is 7. The van der Waals surface area contributed by atoms with Gasteiger partial charge in [-0.15, -0.1) is 23.7 Å². The van der Waals surface area contributed by atoms with Crippen molar-refractivity contribution < 1.29 is 14.3 Å². The first kappa shape index (κ1) is 22.6. The van der Waals surface area contributed by atoms with E-state index in [4.69, 9.17) is 15.2 Å². The topological polar surface area (TPSA) is 99.4 Å². The van der Waals surface area contributed by atoms with Gasteiger partial charge in [-0.1, -0.05) is 13.8 Å². The van der Waals surface area contributed by atoms with E-state index < -0.39 is 5.54 Å². The molecule has 1 atom stereocenters. The van der Waals surface area contributed by atoms with Crippen LogP contribution >= 0.6 is 23.7 Å². The molecule has 0 radical (unpaired) electrons. The number of thiophene rings is 1. The van der Waals surface area contributed by atoms with Crippen LogP contribution in [0.1, 0.15) is 41.8 Å². The zero-order valence-electron chi connectivity index (χ0n) is 16.0. The van der Waals surface area contributed by atoms with E-state index in [1.54, 1.807) is 14.2 Å². The molecule has 0 aliphatic rings. The molecule has 26 heavy (non-hydrogen) atoms. The zero-order chi connectivity index (χ0) is 18.8. The molecule has 0 spiro atoms. The van der Waals surface area contributed by atoms with Crippen LogP contribution in [0.25, 0.3) is 10.2 Å². The standard InChI is InChI=1S/C17H26N4O3S.ClH/c1-9(2)17(4,8-18)21-14(22)13-10(3)12-15(24-6)19-11(7-23-5)20-16(12)25-13;/h9H,7-8,18H2,1-6H3,(H,21,22);1H. The number of ether oxygens (including phenoxy) is 2. The Hall–Kier alpha value is -1.48. The molecule has 7 nitrogen and oxygen atoms in total. The number of nitrogens with one attached hydrogen (secondary N) is 1. The number of nitrogens with two attached hydrogens (primary N) is 1. The predicted molar refractivity (Wildman–Crippen MR) is 106 cm³/mol. The predicted octanol–water partition coefficient (Wildman–Crippen LogP) is 2.68. The summed E-state index contributed by atoms with van der Waals surface area (Å²) < 4.78 is 10.5. The SMILES string of the molecule is COCc1nc(OC)c2c(C)c(C(=O)NC(C)(CN)C(C)C)sc2n1.Cl. The number of fused-ring (bicyclic) bond motifs is 1.